The highest BCUT2D eigenvalue weighted by Gasteiger charge is 2.42. The SMILES string of the molecule is CN(c1ncnc2[nH]ccc12)C1CC(C)(C)CCC1(C)C.CNC1CC(C)(C)CCC1(C)C. The lowest BCUT2D eigenvalue weighted by Crippen LogP contribution is -2.49. The standard InChI is InChI=1S/C17H26N4.C11H23N/c1-16(2)7-8-17(3,4)13(10-16)21(5)15-12-6-9-18-14(12)19-11-20-15;1-10(2)6-7-11(3,4)9(8-10)12-5/h6,9,11,13H,7-8,10H2,1-5H3,(H,18,19,20);9,12H,6-8H2,1-5H3. The van der Waals surface area contributed by atoms with E-state index in [9.17, 15) is 0 Å². The van der Waals surface area contributed by atoms with Crippen LogP contribution in [0.3, 0.4) is 0 Å². The summed E-state index contributed by atoms with van der Waals surface area (Å²) in [5.74, 6) is 1.04. The Bertz CT molecular complexity index is 923. The molecular weight excluding hydrogens is 406 g/mol. The Kier molecular flexibility index (Phi) is 7.25. The first-order chi connectivity index (χ1) is 15.2. The lowest BCUT2D eigenvalue weighted by molar-refractivity contribution is 0.0867. The van der Waals surface area contributed by atoms with Gasteiger partial charge < -0.3 is 15.2 Å². The van der Waals surface area contributed by atoms with Crippen LogP contribution in [-0.2, 0) is 0 Å². The van der Waals surface area contributed by atoms with Gasteiger partial charge in [-0.15, -0.1) is 0 Å². The summed E-state index contributed by atoms with van der Waals surface area (Å²) in [7, 11) is 4.27. The van der Waals surface area contributed by atoms with Crippen LogP contribution in [0, 0.1) is 21.7 Å². The molecule has 2 saturated carbocycles. The van der Waals surface area contributed by atoms with Gasteiger partial charge in [0.05, 0.1) is 5.39 Å². The third-order valence-corrected chi connectivity index (χ3v) is 8.72. The molecule has 2 aliphatic rings. The Balaban J connectivity index is 0.000000218. The maximum absolute atomic E-state index is 4.56. The van der Waals surface area contributed by atoms with Gasteiger partial charge in [0, 0.05) is 25.3 Å². The molecule has 2 atom stereocenters. The molecule has 186 valence electrons. The van der Waals surface area contributed by atoms with Crippen LogP contribution in [0.5, 0.6) is 0 Å². The van der Waals surface area contributed by atoms with Crippen molar-refractivity contribution < 1.29 is 0 Å². The number of rotatable bonds is 3. The largest absolute Gasteiger partial charge is 0.355 e. The van der Waals surface area contributed by atoms with Gasteiger partial charge in [0.1, 0.15) is 17.8 Å². The molecule has 5 nitrogen and oxygen atoms in total. The molecule has 0 radical (unpaired) electrons. The van der Waals surface area contributed by atoms with Gasteiger partial charge >= 0.3 is 0 Å². The summed E-state index contributed by atoms with van der Waals surface area (Å²) in [6.07, 6.45) is 11.4. The molecule has 0 aliphatic heterocycles. The van der Waals surface area contributed by atoms with Crippen molar-refractivity contribution in [1.29, 1.82) is 0 Å². The molecular formula is C28H49N5. The predicted molar refractivity (Wildman–Crippen MR) is 142 cm³/mol. The summed E-state index contributed by atoms with van der Waals surface area (Å²) < 4.78 is 0. The van der Waals surface area contributed by atoms with Crippen LogP contribution in [0.15, 0.2) is 18.6 Å². The Morgan fingerprint density at radius 1 is 0.879 bits per heavy atom. The second-order valence-electron chi connectivity index (χ2n) is 13.6. The van der Waals surface area contributed by atoms with Crippen LogP contribution in [0.25, 0.3) is 11.0 Å². The van der Waals surface area contributed by atoms with Gasteiger partial charge in [0.15, 0.2) is 0 Å². The van der Waals surface area contributed by atoms with Gasteiger partial charge in [-0.05, 0) is 73.3 Å². The zero-order valence-electron chi connectivity index (χ0n) is 23.0. The molecule has 2 N–H and O–H groups in total. The van der Waals surface area contributed by atoms with E-state index in [0.717, 1.165) is 16.9 Å². The fourth-order valence-corrected chi connectivity index (χ4v) is 5.94. The maximum Gasteiger partial charge on any atom is 0.142 e. The van der Waals surface area contributed by atoms with Gasteiger partial charge in [-0.25, -0.2) is 9.97 Å². The van der Waals surface area contributed by atoms with Crippen molar-refractivity contribution in [1.82, 2.24) is 20.3 Å². The summed E-state index contributed by atoms with van der Waals surface area (Å²) in [5, 5.41) is 4.56. The Morgan fingerprint density at radius 3 is 2.09 bits per heavy atom. The van der Waals surface area contributed by atoms with E-state index < -0.39 is 0 Å². The number of nitrogens with one attached hydrogen (secondary N) is 2. The van der Waals surface area contributed by atoms with Crippen molar-refractivity contribution >= 4 is 16.9 Å². The average Bonchev–Trinajstić information content (AvgIpc) is 3.21. The highest BCUT2D eigenvalue weighted by molar-refractivity contribution is 5.87. The van der Waals surface area contributed by atoms with Crippen LogP contribution in [0.1, 0.15) is 93.9 Å². The van der Waals surface area contributed by atoms with E-state index in [1.165, 1.54) is 38.5 Å². The molecule has 2 heterocycles. The Morgan fingerprint density at radius 2 is 1.48 bits per heavy atom. The number of anilines is 1. The van der Waals surface area contributed by atoms with Crippen molar-refractivity contribution in [3.63, 3.8) is 0 Å². The van der Waals surface area contributed by atoms with Gasteiger partial charge in [0.25, 0.3) is 0 Å². The molecule has 4 rings (SSSR count). The molecule has 0 bridgehead atoms. The molecule has 5 heteroatoms. The third-order valence-electron chi connectivity index (χ3n) is 8.72. The van der Waals surface area contributed by atoms with E-state index in [-0.39, 0.29) is 0 Å². The lowest BCUT2D eigenvalue weighted by atomic mass is 9.63. The van der Waals surface area contributed by atoms with Crippen molar-refractivity contribution in [2.75, 3.05) is 19.0 Å². The highest BCUT2D eigenvalue weighted by atomic mass is 15.2. The number of H-pyrrole nitrogens is 1. The van der Waals surface area contributed by atoms with E-state index in [1.807, 2.05) is 6.20 Å². The topological polar surface area (TPSA) is 56.8 Å². The van der Waals surface area contributed by atoms with Gasteiger partial charge in [-0.3, -0.25) is 0 Å². The van der Waals surface area contributed by atoms with Gasteiger partial charge in [-0.1, -0.05) is 55.4 Å². The Labute approximate surface area is 202 Å². The molecule has 0 aromatic carbocycles. The summed E-state index contributed by atoms with van der Waals surface area (Å²) in [4.78, 5) is 14.4. The Hall–Kier alpha value is -1.62. The van der Waals surface area contributed by atoms with Crippen molar-refractivity contribution in [3.8, 4) is 0 Å². The monoisotopic (exact) mass is 455 g/mol. The van der Waals surface area contributed by atoms with Gasteiger partial charge in [-0.2, -0.15) is 0 Å². The summed E-state index contributed by atoms with van der Waals surface area (Å²) in [5.41, 5.74) is 2.66. The van der Waals surface area contributed by atoms with Crippen LogP contribution < -0.4 is 10.2 Å². The van der Waals surface area contributed by atoms with Crippen LogP contribution in [0.2, 0.25) is 0 Å². The summed E-state index contributed by atoms with van der Waals surface area (Å²) in [6, 6.07) is 3.26. The minimum Gasteiger partial charge on any atom is -0.355 e. The van der Waals surface area contributed by atoms with E-state index in [2.05, 4.69) is 101 Å². The molecule has 0 saturated heterocycles. The molecule has 2 aromatic heterocycles. The zero-order valence-corrected chi connectivity index (χ0v) is 23.0. The van der Waals surface area contributed by atoms with Crippen molar-refractivity contribution in [2.24, 2.45) is 21.7 Å². The highest BCUT2D eigenvalue weighted by Crippen LogP contribution is 2.47. The molecule has 33 heavy (non-hydrogen) atoms. The summed E-state index contributed by atoms with van der Waals surface area (Å²) >= 11 is 0. The molecule has 2 aliphatic carbocycles. The third kappa shape index (κ3) is 5.90. The first-order valence-electron chi connectivity index (χ1n) is 12.9. The number of aromatic nitrogens is 3. The molecule has 0 spiro atoms. The van der Waals surface area contributed by atoms with Crippen molar-refractivity contribution in [2.45, 2.75) is 106 Å². The first kappa shape index (κ1) is 26.0. The fraction of sp³-hybridized carbons (Fsp3) is 0.786. The van der Waals surface area contributed by atoms with Crippen LogP contribution in [-0.4, -0.2) is 41.1 Å². The van der Waals surface area contributed by atoms with Crippen molar-refractivity contribution in [3.05, 3.63) is 18.6 Å². The second kappa shape index (κ2) is 9.20. The minimum atomic E-state index is 0.303. The second-order valence-corrected chi connectivity index (χ2v) is 13.6. The molecule has 2 unspecified atom stereocenters. The molecule has 0 amide bonds. The predicted octanol–water partition coefficient (Wildman–Crippen LogP) is 6.81. The zero-order chi connectivity index (χ0) is 24.7. The fourth-order valence-electron chi connectivity index (χ4n) is 5.94. The van der Waals surface area contributed by atoms with E-state index in [0.29, 0.717) is 33.7 Å². The number of hydrogen-bond acceptors (Lipinski definition) is 4. The number of aromatic amines is 1. The van der Waals surface area contributed by atoms with Gasteiger partial charge in [0.2, 0.25) is 0 Å². The van der Waals surface area contributed by atoms with E-state index in [4.69, 9.17) is 0 Å². The molecule has 2 aromatic rings. The van der Waals surface area contributed by atoms with Crippen LogP contribution >= 0.6 is 0 Å². The smallest absolute Gasteiger partial charge is 0.142 e. The first-order valence-corrected chi connectivity index (χ1v) is 12.9. The average molecular weight is 456 g/mol. The number of hydrogen-bond donors (Lipinski definition) is 2. The van der Waals surface area contributed by atoms with E-state index in [1.54, 1.807) is 6.33 Å². The molecule has 2 fully saturated rings. The normalized spacial score (nSPS) is 27.5. The summed E-state index contributed by atoms with van der Waals surface area (Å²) in [6.45, 7) is 19.1. The van der Waals surface area contributed by atoms with E-state index >= 15 is 0 Å². The minimum absolute atomic E-state index is 0.303. The number of fused-ring (bicyclic) bond motifs is 1. The quantitative estimate of drug-likeness (QED) is 0.534. The lowest BCUT2D eigenvalue weighted by Gasteiger charge is -2.50. The maximum atomic E-state index is 4.56. The van der Waals surface area contributed by atoms with Crippen LogP contribution in [0.4, 0.5) is 5.82 Å². The number of nitrogens with zero attached hydrogens (tertiary/aromatic N) is 3.